The van der Waals surface area contributed by atoms with Crippen molar-refractivity contribution < 1.29 is 9.53 Å². The molecule has 26 heavy (non-hydrogen) atoms. The van der Waals surface area contributed by atoms with Crippen LogP contribution >= 0.6 is 0 Å². The molecule has 0 spiro atoms. The molecule has 0 saturated carbocycles. The average Bonchev–Trinajstić information content (AvgIpc) is 2.66. The highest BCUT2D eigenvalue weighted by Gasteiger charge is 2.11. The number of aryl methyl sites for hydroxylation is 2. The fourth-order valence-electron chi connectivity index (χ4n) is 2.41. The van der Waals surface area contributed by atoms with Crippen LogP contribution in [0.2, 0.25) is 0 Å². The van der Waals surface area contributed by atoms with Crippen molar-refractivity contribution >= 4 is 23.1 Å². The van der Waals surface area contributed by atoms with E-state index in [-0.39, 0.29) is 11.6 Å². The predicted molar refractivity (Wildman–Crippen MR) is 102 cm³/mol. The summed E-state index contributed by atoms with van der Waals surface area (Å²) in [5, 5.41) is 5.95. The Morgan fingerprint density at radius 1 is 1.00 bits per heavy atom. The summed E-state index contributed by atoms with van der Waals surface area (Å²) in [4.78, 5) is 20.8. The van der Waals surface area contributed by atoms with E-state index in [1.807, 2.05) is 30.3 Å². The fraction of sp³-hybridized carbons (Fsp3) is 0.150. The van der Waals surface area contributed by atoms with E-state index in [4.69, 9.17) is 4.74 Å². The standard InChI is InChI=1S/C20H20N4O2/c1-13-8-9-15(10-14(13)2)23-19-12-21-17(11-22-19)20(25)24-16-6-4-5-7-18(16)26-3/h4-12H,1-3H3,(H,22,23)(H,24,25). The summed E-state index contributed by atoms with van der Waals surface area (Å²) in [5.74, 6) is 0.809. The second-order valence-electron chi connectivity index (χ2n) is 5.87. The van der Waals surface area contributed by atoms with E-state index in [2.05, 4.69) is 34.4 Å². The van der Waals surface area contributed by atoms with E-state index in [0.29, 0.717) is 17.3 Å². The summed E-state index contributed by atoms with van der Waals surface area (Å²) in [6, 6.07) is 13.3. The molecular formula is C20H20N4O2. The number of methoxy groups -OCH3 is 1. The lowest BCUT2D eigenvalue weighted by molar-refractivity contribution is 0.102. The van der Waals surface area contributed by atoms with Crippen LogP contribution in [0, 0.1) is 13.8 Å². The molecule has 2 aromatic carbocycles. The number of carbonyl (C=O) groups excluding carboxylic acids is 1. The van der Waals surface area contributed by atoms with E-state index < -0.39 is 0 Å². The Morgan fingerprint density at radius 2 is 1.81 bits per heavy atom. The van der Waals surface area contributed by atoms with Crippen LogP contribution in [0.5, 0.6) is 5.75 Å². The molecule has 0 unspecified atom stereocenters. The quantitative estimate of drug-likeness (QED) is 0.726. The number of aromatic nitrogens is 2. The molecule has 3 rings (SSSR count). The number of hydrogen-bond donors (Lipinski definition) is 2. The number of rotatable bonds is 5. The molecule has 132 valence electrons. The van der Waals surface area contributed by atoms with Crippen LogP contribution < -0.4 is 15.4 Å². The van der Waals surface area contributed by atoms with Crippen molar-refractivity contribution in [1.29, 1.82) is 0 Å². The molecule has 2 N–H and O–H groups in total. The molecule has 0 radical (unpaired) electrons. The van der Waals surface area contributed by atoms with Crippen molar-refractivity contribution in [3.63, 3.8) is 0 Å². The van der Waals surface area contributed by atoms with E-state index in [0.717, 1.165) is 5.69 Å². The van der Waals surface area contributed by atoms with Crippen molar-refractivity contribution in [2.45, 2.75) is 13.8 Å². The van der Waals surface area contributed by atoms with Crippen molar-refractivity contribution in [3.05, 3.63) is 71.7 Å². The number of amides is 1. The summed E-state index contributed by atoms with van der Waals surface area (Å²) < 4.78 is 5.22. The first-order valence-electron chi connectivity index (χ1n) is 8.17. The molecule has 1 amide bonds. The monoisotopic (exact) mass is 348 g/mol. The third-order valence-corrected chi connectivity index (χ3v) is 4.02. The number of nitrogens with zero attached hydrogens (tertiary/aromatic N) is 2. The number of hydrogen-bond acceptors (Lipinski definition) is 5. The van der Waals surface area contributed by atoms with Gasteiger partial charge < -0.3 is 15.4 Å². The van der Waals surface area contributed by atoms with Gasteiger partial charge in [0.2, 0.25) is 0 Å². The van der Waals surface area contributed by atoms with E-state index in [1.165, 1.54) is 23.5 Å². The summed E-state index contributed by atoms with van der Waals surface area (Å²) in [6.45, 7) is 4.12. The predicted octanol–water partition coefficient (Wildman–Crippen LogP) is 4.10. The summed E-state index contributed by atoms with van der Waals surface area (Å²) in [7, 11) is 1.55. The van der Waals surface area contributed by atoms with Gasteiger partial charge in [0.15, 0.2) is 0 Å². The molecule has 3 aromatic rings. The molecule has 1 heterocycles. The van der Waals surface area contributed by atoms with Gasteiger partial charge >= 0.3 is 0 Å². The Balaban J connectivity index is 1.70. The van der Waals surface area contributed by atoms with Crippen LogP contribution in [-0.4, -0.2) is 23.0 Å². The SMILES string of the molecule is COc1ccccc1NC(=O)c1cnc(Nc2ccc(C)c(C)c2)cn1. The molecule has 0 fully saturated rings. The maximum Gasteiger partial charge on any atom is 0.275 e. The van der Waals surface area contributed by atoms with Gasteiger partial charge in [0.1, 0.15) is 17.3 Å². The first-order chi connectivity index (χ1) is 12.6. The molecule has 0 aliphatic carbocycles. The molecule has 0 saturated heterocycles. The van der Waals surface area contributed by atoms with Crippen LogP contribution in [-0.2, 0) is 0 Å². The Hall–Kier alpha value is -3.41. The largest absolute Gasteiger partial charge is 0.495 e. The minimum Gasteiger partial charge on any atom is -0.495 e. The van der Waals surface area contributed by atoms with Gasteiger partial charge in [0, 0.05) is 5.69 Å². The first kappa shape index (κ1) is 17.4. The maximum atomic E-state index is 12.3. The van der Waals surface area contributed by atoms with Gasteiger partial charge in [-0.1, -0.05) is 18.2 Å². The number of carbonyl (C=O) groups is 1. The number of benzene rings is 2. The first-order valence-corrected chi connectivity index (χ1v) is 8.17. The Labute approximate surface area is 152 Å². The lowest BCUT2D eigenvalue weighted by Gasteiger charge is -2.10. The normalized spacial score (nSPS) is 10.3. The van der Waals surface area contributed by atoms with Crippen LogP contribution in [0.1, 0.15) is 21.6 Å². The topological polar surface area (TPSA) is 76.1 Å². The van der Waals surface area contributed by atoms with Gasteiger partial charge in [-0.25, -0.2) is 9.97 Å². The van der Waals surface area contributed by atoms with Gasteiger partial charge in [-0.05, 0) is 49.2 Å². The van der Waals surface area contributed by atoms with Crippen LogP contribution in [0.4, 0.5) is 17.2 Å². The van der Waals surface area contributed by atoms with Crippen molar-refractivity contribution in [3.8, 4) is 5.75 Å². The molecule has 1 aromatic heterocycles. The van der Waals surface area contributed by atoms with Crippen LogP contribution in [0.3, 0.4) is 0 Å². The summed E-state index contributed by atoms with van der Waals surface area (Å²) in [6.07, 6.45) is 2.97. The minimum atomic E-state index is -0.347. The van der Waals surface area contributed by atoms with Gasteiger partial charge in [0.25, 0.3) is 5.91 Å². The Kier molecular flexibility index (Phi) is 5.12. The van der Waals surface area contributed by atoms with E-state index in [9.17, 15) is 4.79 Å². The number of para-hydroxylation sites is 2. The fourth-order valence-corrected chi connectivity index (χ4v) is 2.41. The molecule has 6 heteroatoms. The highest BCUT2D eigenvalue weighted by atomic mass is 16.5. The van der Waals surface area contributed by atoms with Crippen molar-refractivity contribution in [2.24, 2.45) is 0 Å². The highest BCUT2D eigenvalue weighted by molar-refractivity contribution is 6.03. The van der Waals surface area contributed by atoms with Crippen molar-refractivity contribution in [1.82, 2.24) is 9.97 Å². The minimum absolute atomic E-state index is 0.224. The van der Waals surface area contributed by atoms with Gasteiger partial charge in [0.05, 0.1) is 25.2 Å². The Bertz CT molecular complexity index is 923. The zero-order valence-electron chi connectivity index (χ0n) is 14.9. The van der Waals surface area contributed by atoms with E-state index in [1.54, 1.807) is 19.2 Å². The molecule has 6 nitrogen and oxygen atoms in total. The van der Waals surface area contributed by atoms with Crippen molar-refractivity contribution in [2.75, 3.05) is 17.7 Å². The van der Waals surface area contributed by atoms with Crippen LogP contribution in [0.25, 0.3) is 0 Å². The highest BCUT2D eigenvalue weighted by Crippen LogP contribution is 2.23. The lowest BCUT2D eigenvalue weighted by atomic mass is 10.1. The number of anilines is 3. The third kappa shape index (κ3) is 3.97. The van der Waals surface area contributed by atoms with Gasteiger partial charge in [-0.2, -0.15) is 0 Å². The van der Waals surface area contributed by atoms with Gasteiger partial charge in [-0.3, -0.25) is 4.79 Å². The maximum absolute atomic E-state index is 12.3. The second kappa shape index (κ2) is 7.65. The zero-order chi connectivity index (χ0) is 18.5. The summed E-state index contributed by atoms with van der Waals surface area (Å²) in [5.41, 5.74) is 4.15. The molecule has 0 aliphatic rings. The number of nitrogens with one attached hydrogen (secondary N) is 2. The number of ether oxygens (including phenoxy) is 1. The summed E-state index contributed by atoms with van der Waals surface area (Å²) >= 11 is 0. The lowest BCUT2D eigenvalue weighted by Crippen LogP contribution is -2.14. The molecule has 0 atom stereocenters. The Morgan fingerprint density at radius 3 is 2.50 bits per heavy atom. The third-order valence-electron chi connectivity index (χ3n) is 4.02. The zero-order valence-corrected chi connectivity index (χ0v) is 14.9. The van der Waals surface area contributed by atoms with Gasteiger partial charge in [-0.15, -0.1) is 0 Å². The van der Waals surface area contributed by atoms with E-state index >= 15 is 0 Å². The molecule has 0 bridgehead atoms. The van der Waals surface area contributed by atoms with Crippen LogP contribution in [0.15, 0.2) is 54.9 Å². The second-order valence-corrected chi connectivity index (χ2v) is 5.87. The molecular weight excluding hydrogens is 328 g/mol. The molecule has 0 aliphatic heterocycles. The smallest absolute Gasteiger partial charge is 0.275 e. The average molecular weight is 348 g/mol.